The van der Waals surface area contributed by atoms with Crippen LogP contribution in [0.2, 0.25) is 0 Å². The van der Waals surface area contributed by atoms with E-state index in [0.717, 1.165) is 26.6 Å². The molecule has 3 heteroatoms. The van der Waals surface area contributed by atoms with Crippen LogP contribution < -0.4 is 5.32 Å². The number of piperidine rings is 1. The molecule has 64 valence electrons. The molecule has 0 amide bonds. The molecule has 1 atom stereocenters. The summed E-state index contributed by atoms with van der Waals surface area (Å²) in [5, 5.41) is 18.6. The highest BCUT2D eigenvalue weighted by molar-refractivity contribution is 4.79. The summed E-state index contributed by atoms with van der Waals surface area (Å²) >= 11 is 0. The Kier molecular flexibility index (Phi) is 7.11. The van der Waals surface area contributed by atoms with Crippen LogP contribution in [0.15, 0.2) is 0 Å². The van der Waals surface area contributed by atoms with E-state index >= 15 is 0 Å². The third-order valence-corrected chi connectivity index (χ3v) is 1.78. The zero-order valence-corrected chi connectivity index (χ0v) is 7.01. The predicted molar refractivity (Wildman–Crippen MR) is 44.0 cm³/mol. The molecular formula is C8H16N2O. The zero-order chi connectivity index (χ0) is 8.53. The number of hydrogen-bond donors (Lipinski definition) is 2. The van der Waals surface area contributed by atoms with Crippen molar-refractivity contribution in [3.63, 3.8) is 0 Å². The Labute approximate surface area is 68.0 Å². The Morgan fingerprint density at radius 2 is 2.36 bits per heavy atom. The van der Waals surface area contributed by atoms with Crippen LogP contribution in [0.5, 0.6) is 0 Å². The molecule has 0 radical (unpaired) electrons. The van der Waals surface area contributed by atoms with Crippen molar-refractivity contribution >= 4 is 0 Å². The minimum absolute atomic E-state index is 0.628. The van der Waals surface area contributed by atoms with E-state index in [1.165, 1.54) is 12.8 Å². The van der Waals surface area contributed by atoms with Gasteiger partial charge in [-0.25, -0.2) is 0 Å². The molecule has 1 fully saturated rings. The van der Waals surface area contributed by atoms with Crippen LogP contribution in [0.3, 0.4) is 0 Å². The highest BCUT2D eigenvalue weighted by Crippen LogP contribution is 2.12. The van der Waals surface area contributed by atoms with Gasteiger partial charge in [-0.2, -0.15) is 5.26 Å². The average molecular weight is 156 g/mol. The van der Waals surface area contributed by atoms with E-state index in [1.54, 1.807) is 0 Å². The third kappa shape index (κ3) is 4.77. The second-order valence-corrected chi connectivity index (χ2v) is 2.57. The molecule has 1 unspecified atom stereocenters. The van der Waals surface area contributed by atoms with E-state index < -0.39 is 0 Å². The second-order valence-electron chi connectivity index (χ2n) is 2.57. The summed E-state index contributed by atoms with van der Waals surface area (Å²) in [6, 6.07) is 2.20. The summed E-state index contributed by atoms with van der Waals surface area (Å²) in [6.45, 7) is 2.19. The molecule has 0 aliphatic carbocycles. The van der Waals surface area contributed by atoms with Gasteiger partial charge in [0.1, 0.15) is 0 Å². The molecule has 0 aromatic rings. The second kappa shape index (κ2) is 7.52. The smallest absolute Gasteiger partial charge is 0.0625 e. The highest BCUT2D eigenvalue weighted by Gasteiger charge is 2.10. The maximum atomic E-state index is 8.34. The van der Waals surface area contributed by atoms with E-state index in [1.807, 2.05) is 0 Å². The van der Waals surface area contributed by atoms with Gasteiger partial charge in [0.25, 0.3) is 0 Å². The lowest BCUT2D eigenvalue weighted by Crippen LogP contribution is -2.29. The fraction of sp³-hybridized carbons (Fsp3) is 0.875. The van der Waals surface area contributed by atoms with Crippen LogP contribution in [0.25, 0.3) is 0 Å². The van der Waals surface area contributed by atoms with Crippen molar-refractivity contribution < 1.29 is 5.11 Å². The van der Waals surface area contributed by atoms with Crippen molar-refractivity contribution in [1.29, 1.82) is 5.26 Å². The minimum Gasteiger partial charge on any atom is -0.400 e. The first-order chi connectivity index (χ1) is 5.43. The van der Waals surface area contributed by atoms with Crippen molar-refractivity contribution in [2.24, 2.45) is 5.92 Å². The summed E-state index contributed by atoms with van der Waals surface area (Å²) in [5.41, 5.74) is 0. The molecule has 0 bridgehead atoms. The molecule has 11 heavy (non-hydrogen) atoms. The van der Waals surface area contributed by atoms with Crippen LogP contribution in [-0.2, 0) is 0 Å². The van der Waals surface area contributed by atoms with Crippen LogP contribution in [0.1, 0.15) is 19.3 Å². The van der Waals surface area contributed by atoms with E-state index in [2.05, 4.69) is 11.4 Å². The molecule has 1 saturated heterocycles. The standard InChI is InChI=1S/C7H12N2.CH4O/c8-4-3-7-2-1-5-9-6-7;1-2/h7,9H,1-3,5-6H2;2H,1H3. The predicted octanol–water partition coefficient (Wildman–Crippen LogP) is 0.508. The number of hydrogen-bond acceptors (Lipinski definition) is 3. The van der Waals surface area contributed by atoms with Gasteiger partial charge in [0.2, 0.25) is 0 Å². The number of rotatable bonds is 1. The number of nitrogens with zero attached hydrogens (tertiary/aromatic N) is 1. The van der Waals surface area contributed by atoms with Crippen LogP contribution in [0.4, 0.5) is 0 Å². The summed E-state index contributed by atoms with van der Waals surface area (Å²) in [5.74, 6) is 0.628. The van der Waals surface area contributed by atoms with E-state index in [0.29, 0.717) is 5.92 Å². The van der Waals surface area contributed by atoms with E-state index in [4.69, 9.17) is 10.4 Å². The van der Waals surface area contributed by atoms with Gasteiger partial charge in [-0.1, -0.05) is 0 Å². The van der Waals surface area contributed by atoms with Crippen molar-refractivity contribution in [2.75, 3.05) is 20.2 Å². The molecule has 0 spiro atoms. The van der Waals surface area contributed by atoms with Gasteiger partial charge in [-0.15, -0.1) is 0 Å². The van der Waals surface area contributed by atoms with Crippen molar-refractivity contribution in [3.8, 4) is 6.07 Å². The third-order valence-electron chi connectivity index (χ3n) is 1.78. The minimum atomic E-state index is 0.628. The largest absolute Gasteiger partial charge is 0.400 e. The Morgan fingerprint density at radius 1 is 1.64 bits per heavy atom. The molecule has 0 saturated carbocycles. The number of nitrogens with one attached hydrogen (secondary N) is 1. The normalized spacial score (nSPS) is 22.8. The fourth-order valence-electron chi connectivity index (χ4n) is 1.23. The van der Waals surface area contributed by atoms with Crippen LogP contribution in [-0.4, -0.2) is 25.3 Å². The van der Waals surface area contributed by atoms with Gasteiger partial charge >= 0.3 is 0 Å². The molecule has 1 heterocycles. The van der Waals surface area contributed by atoms with Gasteiger partial charge in [-0.3, -0.25) is 0 Å². The summed E-state index contributed by atoms with van der Waals surface area (Å²) in [4.78, 5) is 0. The summed E-state index contributed by atoms with van der Waals surface area (Å²) < 4.78 is 0. The first kappa shape index (κ1) is 10.4. The lowest BCUT2D eigenvalue weighted by molar-refractivity contribution is 0.383. The lowest BCUT2D eigenvalue weighted by Gasteiger charge is -2.19. The maximum absolute atomic E-state index is 8.34. The topological polar surface area (TPSA) is 56.0 Å². The first-order valence-corrected chi connectivity index (χ1v) is 3.96. The van der Waals surface area contributed by atoms with E-state index in [9.17, 15) is 0 Å². The molecule has 3 nitrogen and oxygen atoms in total. The van der Waals surface area contributed by atoms with Crippen LogP contribution >= 0.6 is 0 Å². The quantitative estimate of drug-likeness (QED) is 0.581. The molecule has 1 aliphatic rings. The van der Waals surface area contributed by atoms with Gasteiger partial charge in [0, 0.05) is 13.5 Å². The highest BCUT2D eigenvalue weighted by atomic mass is 16.2. The molecule has 0 aromatic heterocycles. The first-order valence-electron chi connectivity index (χ1n) is 3.96. The zero-order valence-electron chi connectivity index (χ0n) is 7.01. The Bertz CT molecular complexity index is 114. The molecule has 2 N–H and O–H groups in total. The Hall–Kier alpha value is -0.590. The molecule has 1 rings (SSSR count). The maximum Gasteiger partial charge on any atom is 0.0625 e. The molecule has 1 aliphatic heterocycles. The van der Waals surface area contributed by atoms with Gasteiger partial charge < -0.3 is 10.4 Å². The van der Waals surface area contributed by atoms with Crippen molar-refractivity contribution in [3.05, 3.63) is 0 Å². The van der Waals surface area contributed by atoms with Crippen LogP contribution in [0, 0.1) is 17.2 Å². The number of aliphatic hydroxyl groups excluding tert-OH is 1. The van der Waals surface area contributed by atoms with Crippen molar-refractivity contribution in [2.45, 2.75) is 19.3 Å². The van der Waals surface area contributed by atoms with E-state index in [-0.39, 0.29) is 0 Å². The Morgan fingerprint density at radius 3 is 2.82 bits per heavy atom. The molecule has 0 aromatic carbocycles. The van der Waals surface area contributed by atoms with Gasteiger partial charge in [-0.05, 0) is 31.8 Å². The summed E-state index contributed by atoms with van der Waals surface area (Å²) in [6.07, 6.45) is 3.21. The Balaban J connectivity index is 0.000000461. The number of nitriles is 1. The average Bonchev–Trinajstić information content (AvgIpc) is 2.11. The monoisotopic (exact) mass is 156 g/mol. The number of aliphatic hydroxyl groups is 1. The van der Waals surface area contributed by atoms with Crippen molar-refractivity contribution in [1.82, 2.24) is 5.32 Å². The fourth-order valence-corrected chi connectivity index (χ4v) is 1.23. The SMILES string of the molecule is CO.N#CCC1CCCNC1. The van der Waals surface area contributed by atoms with Gasteiger partial charge in [0.05, 0.1) is 6.07 Å². The lowest BCUT2D eigenvalue weighted by atomic mass is 9.97. The van der Waals surface area contributed by atoms with Gasteiger partial charge in [0.15, 0.2) is 0 Å². The molecular weight excluding hydrogens is 140 g/mol. The summed E-state index contributed by atoms with van der Waals surface area (Å²) in [7, 11) is 1.00.